The zero-order valence-corrected chi connectivity index (χ0v) is 23.9. The van der Waals surface area contributed by atoms with Gasteiger partial charge in [-0.25, -0.2) is 9.97 Å². The molecule has 0 unspecified atom stereocenters. The Hall–Kier alpha value is -3.24. The molecule has 4 aromatic rings. The van der Waals surface area contributed by atoms with E-state index in [1.54, 1.807) is 25.1 Å². The van der Waals surface area contributed by atoms with Crippen molar-refractivity contribution in [2.45, 2.75) is 13.3 Å². The molecule has 5 rings (SSSR count). The molecular formula is C28H32Cl2N8O. The van der Waals surface area contributed by atoms with Crippen LogP contribution < -0.4 is 15.8 Å². The van der Waals surface area contributed by atoms with Gasteiger partial charge in [0, 0.05) is 43.8 Å². The number of halogens is 2. The second-order valence-corrected chi connectivity index (χ2v) is 10.8. The lowest BCUT2D eigenvalue weighted by Crippen LogP contribution is -2.46. The number of rotatable bonds is 8. The zero-order chi connectivity index (χ0) is 27.5. The minimum atomic E-state index is -0.389. The van der Waals surface area contributed by atoms with Crippen LogP contribution in [0.3, 0.4) is 0 Å². The molecular weight excluding hydrogens is 535 g/mol. The third-order valence-electron chi connectivity index (χ3n) is 6.87. The van der Waals surface area contributed by atoms with Crippen LogP contribution in [0.2, 0.25) is 10.0 Å². The van der Waals surface area contributed by atoms with Gasteiger partial charge in [-0.3, -0.25) is 9.69 Å². The zero-order valence-electron chi connectivity index (χ0n) is 22.4. The number of nitrogens with zero attached hydrogens (tertiary/aromatic N) is 7. The van der Waals surface area contributed by atoms with E-state index in [0.29, 0.717) is 38.3 Å². The Morgan fingerprint density at radius 1 is 1.03 bits per heavy atom. The normalized spacial score (nSPS) is 14.4. The molecule has 3 heterocycles. The van der Waals surface area contributed by atoms with Crippen molar-refractivity contribution in [1.82, 2.24) is 29.5 Å². The highest BCUT2D eigenvalue weighted by Crippen LogP contribution is 2.28. The third kappa shape index (κ3) is 6.17. The van der Waals surface area contributed by atoms with E-state index in [-0.39, 0.29) is 5.56 Å². The maximum Gasteiger partial charge on any atom is 0.282 e. The molecule has 2 aromatic heterocycles. The summed E-state index contributed by atoms with van der Waals surface area (Å²) in [6.07, 6.45) is 2.71. The van der Waals surface area contributed by atoms with Crippen LogP contribution in [0.4, 0.5) is 17.3 Å². The van der Waals surface area contributed by atoms with E-state index in [0.717, 1.165) is 50.6 Å². The molecule has 1 fully saturated rings. The number of benzene rings is 2. The van der Waals surface area contributed by atoms with Crippen molar-refractivity contribution in [1.29, 1.82) is 0 Å². The van der Waals surface area contributed by atoms with Crippen LogP contribution in [0.25, 0.3) is 16.6 Å². The van der Waals surface area contributed by atoms with Gasteiger partial charge in [0.25, 0.3) is 5.56 Å². The van der Waals surface area contributed by atoms with Crippen molar-refractivity contribution in [2.75, 3.05) is 63.6 Å². The molecule has 1 aliphatic rings. The van der Waals surface area contributed by atoms with E-state index in [2.05, 4.69) is 61.3 Å². The van der Waals surface area contributed by atoms with Crippen LogP contribution in [-0.2, 0) is 0 Å². The van der Waals surface area contributed by atoms with E-state index in [1.165, 1.54) is 17.3 Å². The van der Waals surface area contributed by atoms with Gasteiger partial charge in [-0.05, 0) is 70.9 Å². The number of piperazine rings is 1. The molecule has 0 saturated carbocycles. The van der Waals surface area contributed by atoms with Gasteiger partial charge in [0.15, 0.2) is 0 Å². The Morgan fingerprint density at radius 3 is 2.46 bits per heavy atom. The average molecular weight is 568 g/mol. The van der Waals surface area contributed by atoms with Gasteiger partial charge in [0.2, 0.25) is 5.95 Å². The maximum atomic E-state index is 13.3. The third-order valence-corrected chi connectivity index (χ3v) is 7.48. The van der Waals surface area contributed by atoms with Crippen LogP contribution in [0, 0.1) is 6.92 Å². The summed E-state index contributed by atoms with van der Waals surface area (Å²) < 4.78 is 1.21. The number of hydrogen-bond donors (Lipinski definition) is 1. The number of nitrogens with one attached hydrogen (secondary N) is 1. The molecule has 0 aliphatic carbocycles. The van der Waals surface area contributed by atoms with Crippen molar-refractivity contribution in [3.8, 4) is 5.69 Å². The predicted octanol–water partition coefficient (Wildman–Crippen LogP) is 4.61. The lowest BCUT2D eigenvalue weighted by molar-refractivity contribution is 0.242. The summed E-state index contributed by atoms with van der Waals surface area (Å²) in [6.45, 7) is 8.14. The van der Waals surface area contributed by atoms with Gasteiger partial charge in [0.1, 0.15) is 11.2 Å². The van der Waals surface area contributed by atoms with Gasteiger partial charge in [-0.1, -0.05) is 35.3 Å². The van der Waals surface area contributed by atoms with E-state index in [4.69, 9.17) is 23.2 Å². The highest BCUT2D eigenvalue weighted by atomic mass is 35.5. The van der Waals surface area contributed by atoms with Crippen LogP contribution in [0.5, 0.6) is 0 Å². The van der Waals surface area contributed by atoms with E-state index in [1.807, 2.05) is 12.1 Å². The number of anilines is 3. The first-order valence-electron chi connectivity index (χ1n) is 13.0. The molecule has 0 amide bonds. The first-order chi connectivity index (χ1) is 18.8. The lowest BCUT2D eigenvalue weighted by Gasteiger charge is -2.36. The monoisotopic (exact) mass is 566 g/mol. The minimum Gasteiger partial charge on any atom is -0.369 e. The van der Waals surface area contributed by atoms with E-state index in [9.17, 15) is 4.79 Å². The summed E-state index contributed by atoms with van der Waals surface area (Å²) in [6, 6.07) is 13.3. The first-order valence-corrected chi connectivity index (χ1v) is 13.8. The molecule has 1 saturated heterocycles. The van der Waals surface area contributed by atoms with Crippen molar-refractivity contribution < 1.29 is 0 Å². The molecule has 11 heteroatoms. The van der Waals surface area contributed by atoms with Gasteiger partial charge in [-0.2, -0.15) is 9.78 Å². The standard InChI is InChI=1S/C28H32Cl2N8O/c1-19-25-22(27(39)38(34-19)26-23(29)9-5-10-24(26)30)18-31-28(33-25)32-20-7-4-8-21(17-20)37-15-13-36(14-16-37)12-6-11-35(2)3/h4-5,7-10,17-18H,6,11-16H2,1-3H3,(H,31,32,33). The van der Waals surface area contributed by atoms with Gasteiger partial charge in [-0.15, -0.1) is 0 Å². The summed E-state index contributed by atoms with van der Waals surface area (Å²) in [4.78, 5) is 29.5. The van der Waals surface area contributed by atoms with Crippen LogP contribution in [-0.4, -0.2) is 82.9 Å². The lowest BCUT2D eigenvalue weighted by atomic mass is 10.2. The van der Waals surface area contributed by atoms with Gasteiger partial charge < -0.3 is 15.1 Å². The van der Waals surface area contributed by atoms with Gasteiger partial charge >= 0.3 is 0 Å². The Bertz CT molecular complexity index is 1510. The topological polar surface area (TPSA) is 82.4 Å². The molecule has 1 aliphatic heterocycles. The Labute approximate surface area is 238 Å². The smallest absolute Gasteiger partial charge is 0.282 e. The van der Waals surface area contributed by atoms with Crippen LogP contribution in [0.15, 0.2) is 53.5 Å². The first kappa shape index (κ1) is 27.3. The fraction of sp³-hybridized carbons (Fsp3) is 0.357. The van der Waals surface area contributed by atoms with Gasteiger partial charge in [0.05, 0.1) is 21.1 Å². The fourth-order valence-electron chi connectivity index (χ4n) is 4.82. The number of aromatic nitrogens is 4. The fourth-order valence-corrected chi connectivity index (χ4v) is 5.38. The Kier molecular flexibility index (Phi) is 8.32. The minimum absolute atomic E-state index is 0.334. The molecule has 39 heavy (non-hydrogen) atoms. The SMILES string of the molecule is Cc1nn(-c2c(Cl)cccc2Cl)c(=O)c2cnc(Nc3cccc(N4CCN(CCCN(C)C)CC4)c3)nc12. The number of para-hydroxylation sites is 1. The molecule has 1 N–H and O–H groups in total. The van der Waals surface area contributed by atoms with Crippen molar-refractivity contribution >= 4 is 51.4 Å². The highest BCUT2D eigenvalue weighted by Gasteiger charge is 2.18. The van der Waals surface area contributed by atoms with E-state index >= 15 is 0 Å². The average Bonchev–Trinajstić information content (AvgIpc) is 2.92. The maximum absolute atomic E-state index is 13.3. The number of fused-ring (bicyclic) bond motifs is 1. The van der Waals surface area contributed by atoms with Crippen molar-refractivity contribution in [2.24, 2.45) is 0 Å². The van der Waals surface area contributed by atoms with Crippen LogP contribution >= 0.6 is 23.2 Å². The summed E-state index contributed by atoms with van der Waals surface area (Å²) in [5.41, 5.74) is 3.01. The molecule has 0 atom stereocenters. The molecule has 0 radical (unpaired) electrons. The second kappa shape index (κ2) is 11.9. The molecule has 204 valence electrons. The summed E-state index contributed by atoms with van der Waals surface area (Å²) in [5.74, 6) is 0.392. The Balaban J connectivity index is 1.32. The molecule has 2 aromatic carbocycles. The molecule has 0 bridgehead atoms. The summed E-state index contributed by atoms with van der Waals surface area (Å²) in [7, 11) is 4.24. The summed E-state index contributed by atoms with van der Waals surface area (Å²) in [5, 5.41) is 8.75. The molecule has 0 spiro atoms. The number of hydrogen-bond acceptors (Lipinski definition) is 8. The quantitative estimate of drug-likeness (QED) is 0.331. The second-order valence-electron chi connectivity index (χ2n) is 9.99. The van der Waals surface area contributed by atoms with E-state index < -0.39 is 0 Å². The highest BCUT2D eigenvalue weighted by molar-refractivity contribution is 6.37. The molecule has 9 nitrogen and oxygen atoms in total. The number of aryl methyl sites for hydroxylation is 1. The summed E-state index contributed by atoms with van der Waals surface area (Å²) >= 11 is 12.7. The Morgan fingerprint density at radius 2 is 1.74 bits per heavy atom. The van der Waals surface area contributed by atoms with Crippen molar-refractivity contribution in [3.63, 3.8) is 0 Å². The van der Waals surface area contributed by atoms with Crippen molar-refractivity contribution in [3.05, 3.63) is 74.8 Å². The predicted molar refractivity (Wildman–Crippen MR) is 159 cm³/mol. The largest absolute Gasteiger partial charge is 0.369 e. The van der Waals surface area contributed by atoms with Crippen LogP contribution in [0.1, 0.15) is 12.1 Å².